The van der Waals surface area contributed by atoms with Crippen molar-refractivity contribution in [1.82, 2.24) is 0 Å². The first-order valence-electron chi connectivity index (χ1n) is 11.7. The highest BCUT2D eigenvalue weighted by Gasteiger charge is 2.53. The van der Waals surface area contributed by atoms with Crippen LogP contribution in [0, 0.1) is 27.4 Å². The molecule has 4 atom stereocenters. The van der Waals surface area contributed by atoms with Crippen LogP contribution >= 0.6 is 0 Å². The van der Waals surface area contributed by atoms with Gasteiger partial charge in [-0.25, -0.2) is 0 Å². The number of oxime groups is 1. The second kappa shape index (κ2) is 8.36. The van der Waals surface area contributed by atoms with Gasteiger partial charge in [-0.3, -0.25) is 10.1 Å². The number of phenolic OH excluding ortho intramolecular Hbond substituents is 1. The van der Waals surface area contributed by atoms with Gasteiger partial charge in [-0.2, -0.15) is 0 Å². The molecule has 2 aromatic rings. The van der Waals surface area contributed by atoms with Crippen LogP contribution in [0.4, 0.5) is 5.69 Å². The fourth-order valence-corrected chi connectivity index (χ4v) is 6.59. The first-order valence-corrected chi connectivity index (χ1v) is 11.7. The summed E-state index contributed by atoms with van der Waals surface area (Å²) in [6, 6.07) is 10.4. The molecule has 0 unspecified atom stereocenters. The van der Waals surface area contributed by atoms with E-state index in [1.165, 1.54) is 23.3 Å². The zero-order chi connectivity index (χ0) is 23.2. The fraction of sp³-hybridized carbons (Fsp3) is 0.500. The molecule has 0 heterocycles. The van der Waals surface area contributed by atoms with E-state index in [2.05, 4.69) is 18.1 Å². The number of non-ortho nitro benzene ring substituents is 1. The number of nitro benzene ring substituents is 1. The van der Waals surface area contributed by atoms with Crippen molar-refractivity contribution >= 4 is 11.4 Å². The molecule has 0 spiro atoms. The van der Waals surface area contributed by atoms with Crippen LogP contribution in [0.1, 0.15) is 61.6 Å². The number of nitro groups is 1. The van der Waals surface area contributed by atoms with Crippen molar-refractivity contribution < 1.29 is 19.6 Å². The SMILES string of the molecule is COc1cc2c(cc1O)CC[C@@H]1[C@@H]2CC[C@]2(C)C(=NOCc3ccc([N+](=O)[O-])cc3)CC[C@@H]12. The summed E-state index contributed by atoms with van der Waals surface area (Å²) in [6.07, 6.45) is 6.38. The van der Waals surface area contributed by atoms with Crippen molar-refractivity contribution in [2.24, 2.45) is 22.4 Å². The number of ether oxygens (including phenoxy) is 1. The number of benzene rings is 2. The molecule has 1 N–H and O–H groups in total. The molecule has 5 rings (SSSR count). The van der Waals surface area contributed by atoms with Crippen LogP contribution in [0.15, 0.2) is 41.6 Å². The van der Waals surface area contributed by atoms with E-state index in [0.29, 0.717) is 30.1 Å². The van der Waals surface area contributed by atoms with Crippen molar-refractivity contribution in [2.75, 3.05) is 7.11 Å². The van der Waals surface area contributed by atoms with Crippen molar-refractivity contribution in [3.8, 4) is 11.5 Å². The molecule has 0 saturated heterocycles. The lowest BCUT2D eigenvalue weighted by Crippen LogP contribution is -2.42. The maximum Gasteiger partial charge on any atom is 0.269 e. The van der Waals surface area contributed by atoms with Gasteiger partial charge >= 0.3 is 0 Å². The molecule has 0 aliphatic heterocycles. The fourth-order valence-electron chi connectivity index (χ4n) is 6.59. The molecule has 7 heteroatoms. The summed E-state index contributed by atoms with van der Waals surface area (Å²) in [7, 11) is 1.61. The highest BCUT2D eigenvalue weighted by molar-refractivity contribution is 5.92. The van der Waals surface area contributed by atoms with Crippen LogP contribution in [-0.4, -0.2) is 22.9 Å². The average Bonchev–Trinajstić information content (AvgIpc) is 3.15. The Morgan fingerprint density at radius 3 is 2.70 bits per heavy atom. The van der Waals surface area contributed by atoms with E-state index in [4.69, 9.17) is 9.57 Å². The molecule has 3 aliphatic carbocycles. The Balaban J connectivity index is 1.31. The predicted molar refractivity (Wildman–Crippen MR) is 125 cm³/mol. The van der Waals surface area contributed by atoms with E-state index in [1.807, 2.05) is 6.07 Å². The van der Waals surface area contributed by atoms with Gasteiger partial charge in [-0.05, 0) is 97.2 Å². The van der Waals surface area contributed by atoms with E-state index >= 15 is 0 Å². The molecule has 0 radical (unpaired) electrons. The number of aryl methyl sites for hydroxylation is 1. The Hall–Kier alpha value is -3.09. The number of hydrogen-bond donors (Lipinski definition) is 1. The highest BCUT2D eigenvalue weighted by Crippen LogP contribution is 2.60. The lowest BCUT2D eigenvalue weighted by Gasteiger charge is -2.49. The Kier molecular flexibility index (Phi) is 5.51. The zero-order valence-corrected chi connectivity index (χ0v) is 19.1. The molecule has 0 amide bonds. The number of hydrogen-bond acceptors (Lipinski definition) is 6. The number of nitrogens with zero attached hydrogens (tertiary/aromatic N) is 2. The number of fused-ring (bicyclic) bond motifs is 5. The maximum absolute atomic E-state index is 10.8. The summed E-state index contributed by atoms with van der Waals surface area (Å²) in [6.45, 7) is 2.66. The van der Waals surface area contributed by atoms with Gasteiger partial charge in [0.05, 0.1) is 17.7 Å². The molecule has 2 saturated carbocycles. The zero-order valence-electron chi connectivity index (χ0n) is 19.1. The van der Waals surface area contributed by atoms with Gasteiger partial charge in [0.25, 0.3) is 5.69 Å². The maximum atomic E-state index is 10.8. The summed E-state index contributed by atoms with van der Waals surface area (Å²) in [5.41, 5.74) is 4.76. The van der Waals surface area contributed by atoms with Crippen LogP contribution in [0.3, 0.4) is 0 Å². The third kappa shape index (κ3) is 3.73. The summed E-state index contributed by atoms with van der Waals surface area (Å²) >= 11 is 0. The lowest BCUT2D eigenvalue weighted by molar-refractivity contribution is -0.384. The van der Waals surface area contributed by atoms with E-state index in [0.717, 1.165) is 49.8 Å². The van der Waals surface area contributed by atoms with Crippen LogP contribution < -0.4 is 4.74 Å². The smallest absolute Gasteiger partial charge is 0.269 e. The second-order valence-corrected chi connectivity index (χ2v) is 9.87. The van der Waals surface area contributed by atoms with Gasteiger partial charge in [0.1, 0.15) is 6.61 Å². The normalized spacial score (nSPS) is 29.2. The minimum absolute atomic E-state index is 0.0507. The quantitative estimate of drug-likeness (QED) is 0.463. The molecule has 174 valence electrons. The van der Waals surface area contributed by atoms with E-state index < -0.39 is 4.92 Å². The van der Waals surface area contributed by atoms with Crippen LogP contribution in [0.25, 0.3) is 0 Å². The summed E-state index contributed by atoms with van der Waals surface area (Å²) in [5, 5.41) is 25.6. The molecule has 2 fully saturated rings. The number of rotatable bonds is 5. The van der Waals surface area contributed by atoms with Crippen molar-refractivity contribution in [3.63, 3.8) is 0 Å². The predicted octanol–water partition coefficient (Wildman–Crippen LogP) is 5.74. The minimum atomic E-state index is -0.400. The molecule has 2 aromatic carbocycles. The molecule has 0 bridgehead atoms. The van der Waals surface area contributed by atoms with Gasteiger partial charge in [0.2, 0.25) is 0 Å². The summed E-state index contributed by atoms with van der Waals surface area (Å²) in [5.74, 6) is 2.48. The Bertz CT molecular complexity index is 1100. The summed E-state index contributed by atoms with van der Waals surface area (Å²) < 4.78 is 5.39. The topological polar surface area (TPSA) is 94.2 Å². The monoisotopic (exact) mass is 450 g/mol. The van der Waals surface area contributed by atoms with Gasteiger partial charge in [-0.15, -0.1) is 0 Å². The van der Waals surface area contributed by atoms with E-state index in [-0.39, 0.29) is 16.9 Å². The van der Waals surface area contributed by atoms with E-state index in [9.17, 15) is 15.2 Å². The molecule has 3 aliphatic rings. The largest absolute Gasteiger partial charge is 0.504 e. The average molecular weight is 451 g/mol. The number of phenols is 1. The Morgan fingerprint density at radius 2 is 1.97 bits per heavy atom. The lowest BCUT2D eigenvalue weighted by atomic mass is 9.55. The minimum Gasteiger partial charge on any atom is -0.504 e. The molecular formula is C26H30N2O5. The standard InChI is InChI=1S/C26H30N2O5/c1-26-12-11-19-20(8-5-17-13-23(29)24(32-2)14-21(17)19)22(26)9-10-25(26)27-33-15-16-3-6-18(7-4-16)28(30)31/h3-4,6-7,13-14,19-20,22,29H,5,8-12,15H2,1-2H3/t19-,20+,22-,26-/m0/s1. The summed E-state index contributed by atoms with van der Waals surface area (Å²) in [4.78, 5) is 16.1. The first kappa shape index (κ1) is 21.7. The highest BCUT2D eigenvalue weighted by atomic mass is 16.6. The van der Waals surface area contributed by atoms with Crippen LogP contribution in [0.5, 0.6) is 11.5 Å². The van der Waals surface area contributed by atoms with Crippen molar-refractivity contribution in [3.05, 3.63) is 63.2 Å². The Morgan fingerprint density at radius 1 is 1.18 bits per heavy atom. The van der Waals surface area contributed by atoms with Crippen molar-refractivity contribution in [1.29, 1.82) is 0 Å². The van der Waals surface area contributed by atoms with Crippen LogP contribution in [0.2, 0.25) is 0 Å². The first-order chi connectivity index (χ1) is 15.9. The van der Waals surface area contributed by atoms with Gasteiger partial charge < -0.3 is 14.7 Å². The van der Waals surface area contributed by atoms with Crippen molar-refractivity contribution in [2.45, 2.75) is 58.0 Å². The molecular weight excluding hydrogens is 420 g/mol. The number of aromatic hydroxyl groups is 1. The van der Waals surface area contributed by atoms with Crippen LogP contribution in [-0.2, 0) is 17.9 Å². The second-order valence-electron chi connectivity index (χ2n) is 9.87. The molecule has 7 nitrogen and oxygen atoms in total. The molecule has 33 heavy (non-hydrogen) atoms. The van der Waals surface area contributed by atoms with Gasteiger partial charge in [-0.1, -0.05) is 12.1 Å². The molecule has 0 aromatic heterocycles. The van der Waals surface area contributed by atoms with Gasteiger partial charge in [0.15, 0.2) is 11.5 Å². The number of methoxy groups -OCH3 is 1. The third-order valence-electron chi connectivity index (χ3n) is 8.32. The Labute approximate surface area is 193 Å². The van der Waals surface area contributed by atoms with E-state index in [1.54, 1.807) is 19.2 Å². The third-order valence-corrected chi connectivity index (χ3v) is 8.32. The van der Waals surface area contributed by atoms with Gasteiger partial charge in [0, 0.05) is 17.5 Å².